The number of hydrogen-bond donors (Lipinski definition) is 1. The van der Waals surface area contributed by atoms with E-state index < -0.39 is 30.2 Å². The molecule has 0 aromatic heterocycles. The molecular formula is C15H18BrNO5. The van der Waals surface area contributed by atoms with E-state index in [1.165, 1.54) is 0 Å². The normalized spacial score (nSPS) is 11.6. The number of carbonyl (C=O) groups is 3. The van der Waals surface area contributed by atoms with Gasteiger partial charge in [-0.05, 0) is 31.5 Å². The second-order valence-electron chi connectivity index (χ2n) is 4.48. The quantitative estimate of drug-likeness (QED) is 0.342. The third kappa shape index (κ3) is 4.84. The van der Waals surface area contributed by atoms with Gasteiger partial charge in [0.1, 0.15) is 0 Å². The average Bonchev–Trinajstić information content (AvgIpc) is 2.48. The zero-order valence-electron chi connectivity index (χ0n) is 12.4. The lowest BCUT2D eigenvalue weighted by molar-refractivity contribution is -0.161. The highest BCUT2D eigenvalue weighted by Crippen LogP contribution is 2.19. The standard InChI is InChI=1S/C15H18BrNO5/c1-3-10(14(19)21-4-2)15(20)22-8-13(18)11-7-9(16)5-6-12(11)17/h5-7,10H,3-4,8,17H2,1-2H3. The van der Waals surface area contributed by atoms with Crippen LogP contribution in [0, 0.1) is 5.92 Å². The second kappa shape index (κ2) is 8.53. The van der Waals surface area contributed by atoms with Crippen LogP contribution in [0.1, 0.15) is 30.6 Å². The Labute approximate surface area is 137 Å². The monoisotopic (exact) mass is 371 g/mol. The van der Waals surface area contributed by atoms with Gasteiger partial charge in [-0.15, -0.1) is 0 Å². The van der Waals surface area contributed by atoms with Crippen molar-refractivity contribution >= 4 is 39.3 Å². The SMILES string of the molecule is CCOC(=O)C(CC)C(=O)OCC(=O)c1cc(Br)ccc1N. The number of anilines is 1. The van der Waals surface area contributed by atoms with Crippen LogP contribution in [0.5, 0.6) is 0 Å². The van der Waals surface area contributed by atoms with Gasteiger partial charge in [0, 0.05) is 15.7 Å². The lowest BCUT2D eigenvalue weighted by Gasteiger charge is -2.13. The van der Waals surface area contributed by atoms with Crippen LogP contribution in [-0.4, -0.2) is 30.9 Å². The van der Waals surface area contributed by atoms with Crippen molar-refractivity contribution in [2.45, 2.75) is 20.3 Å². The summed E-state index contributed by atoms with van der Waals surface area (Å²) in [5.74, 6) is -2.88. The van der Waals surface area contributed by atoms with Crippen LogP contribution >= 0.6 is 15.9 Å². The fourth-order valence-electron chi connectivity index (χ4n) is 1.76. The molecular weight excluding hydrogens is 354 g/mol. The van der Waals surface area contributed by atoms with Crippen LogP contribution in [-0.2, 0) is 19.1 Å². The van der Waals surface area contributed by atoms with E-state index in [9.17, 15) is 14.4 Å². The number of hydrogen-bond acceptors (Lipinski definition) is 6. The van der Waals surface area contributed by atoms with Gasteiger partial charge in [-0.2, -0.15) is 0 Å². The number of nitrogen functional groups attached to an aromatic ring is 1. The predicted molar refractivity (Wildman–Crippen MR) is 84.3 cm³/mol. The van der Waals surface area contributed by atoms with E-state index in [-0.39, 0.29) is 18.6 Å². The Morgan fingerprint density at radius 1 is 1.18 bits per heavy atom. The molecule has 0 amide bonds. The Hall–Kier alpha value is -1.89. The Balaban J connectivity index is 2.68. The molecule has 2 N–H and O–H groups in total. The number of rotatable bonds is 7. The third-order valence-electron chi connectivity index (χ3n) is 2.93. The second-order valence-corrected chi connectivity index (χ2v) is 5.39. The summed E-state index contributed by atoms with van der Waals surface area (Å²) in [5.41, 5.74) is 6.26. The molecule has 0 radical (unpaired) electrons. The van der Waals surface area contributed by atoms with E-state index in [0.717, 1.165) is 0 Å². The summed E-state index contributed by atoms with van der Waals surface area (Å²) in [4.78, 5) is 35.5. The first-order valence-electron chi connectivity index (χ1n) is 6.82. The number of Topliss-reactive ketones (excluding diaryl/α,β-unsaturated/α-hetero) is 1. The predicted octanol–water partition coefficient (Wildman–Crippen LogP) is 2.35. The molecule has 0 aliphatic rings. The molecule has 0 aliphatic heterocycles. The molecule has 120 valence electrons. The highest BCUT2D eigenvalue weighted by molar-refractivity contribution is 9.10. The van der Waals surface area contributed by atoms with Gasteiger partial charge < -0.3 is 15.2 Å². The number of ketones is 1. The fraction of sp³-hybridized carbons (Fsp3) is 0.400. The topological polar surface area (TPSA) is 95.7 Å². The summed E-state index contributed by atoms with van der Waals surface area (Å²) < 4.78 is 10.4. The lowest BCUT2D eigenvalue weighted by Crippen LogP contribution is -2.29. The Morgan fingerprint density at radius 2 is 1.82 bits per heavy atom. The molecule has 6 nitrogen and oxygen atoms in total. The first kappa shape index (κ1) is 18.2. The zero-order valence-corrected chi connectivity index (χ0v) is 14.0. The molecule has 1 rings (SSSR count). The van der Waals surface area contributed by atoms with Gasteiger partial charge in [-0.25, -0.2) is 0 Å². The Morgan fingerprint density at radius 3 is 2.41 bits per heavy atom. The highest BCUT2D eigenvalue weighted by Gasteiger charge is 2.28. The number of ether oxygens (including phenoxy) is 2. The summed E-state index contributed by atoms with van der Waals surface area (Å²) in [6, 6.07) is 4.83. The first-order chi connectivity index (χ1) is 10.4. The van der Waals surface area contributed by atoms with Crippen molar-refractivity contribution < 1.29 is 23.9 Å². The molecule has 0 fully saturated rings. The number of benzene rings is 1. The molecule has 1 aromatic carbocycles. The van der Waals surface area contributed by atoms with Crippen LogP contribution < -0.4 is 5.73 Å². The van der Waals surface area contributed by atoms with Crippen molar-refractivity contribution in [1.82, 2.24) is 0 Å². The molecule has 1 unspecified atom stereocenters. The summed E-state index contributed by atoms with van der Waals surface area (Å²) in [7, 11) is 0. The largest absolute Gasteiger partial charge is 0.465 e. The summed E-state index contributed by atoms with van der Waals surface area (Å²) in [6.07, 6.45) is 0.241. The number of esters is 2. The van der Waals surface area contributed by atoms with E-state index in [1.807, 2.05) is 0 Å². The van der Waals surface area contributed by atoms with Crippen molar-refractivity contribution in [3.8, 4) is 0 Å². The van der Waals surface area contributed by atoms with Crippen LogP contribution in [0.25, 0.3) is 0 Å². The minimum Gasteiger partial charge on any atom is -0.465 e. The van der Waals surface area contributed by atoms with E-state index >= 15 is 0 Å². The maximum atomic E-state index is 12.0. The van der Waals surface area contributed by atoms with Crippen LogP contribution in [0.2, 0.25) is 0 Å². The zero-order chi connectivity index (χ0) is 16.7. The maximum absolute atomic E-state index is 12.0. The van der Waals surface area contributed by atoms with Crippen LogP contribution in [0.4, 0.5) is 5.69 Å². The van der Waals surface area contributed by atoms with Crippen molar-refractivity contribution in [2.75, 3.05) is 18.9 Å². The van der Waals surface area contributed by atoms with Crippen molar-refractivity contribution in [3.05, 3.63) is 28.2 Å². The molecule has 0 saturated heterocycles. The van der Waals surface area contributed by atoms with E-state index in [2.05, 4.69) is 15.9 Å². The van der Waals surface area contributed by atoms with Gasteiger partial charge >= 0.3 is 11.9 Å². The van der Waals surface area contributed by atoms with Gasteiger partial charge in [-0.3, -0.25) is 14.4 Å². The molecule has 0 bridgehead atoms. The maximum Gasteiger partial charge on any atom is 0.320 e. The molecule has 0 saturated carbocycles. The van der Waals surface area contributed by atoms with Crippen molar-refractivity contribution in [3.63, 3.8) is 0 Å². The van der Waals surface area contributed by atoms with E-state index in [1.54, 1.807) is 32.0 Å². The van der Waals surface area contributed by atoms with Gasteiger partial charge in [0.2, 0.25) is 5.78 Å². The lowest BCUT2D eigenvalue weighted by atomic mass is 10.1. The van der Waals surface area contributed by atoms with Crippen LogP contribution in [0.3, 0.4) is 0 Å². The molecule has 0 aliphatic carbocycles. The minimum absolute atomic E-state index is 0.177. The third-order valence-corrected chi connectivity index (χ3v) is 3.42. The van der Waals surface area contributed by atoms with Crippen molar-refractivity contribution in [1.29, 1.82) is 0 Å². The summed E-state index contributed by atoms with van der Waals surface area (Å²) in [6.45, 7) is 3.01. The molecule has 22 heavy (non-hydrogen) atoms. The molecule has 0 heterocycles. The van der Waals surface area contributed by atoms with E-state index in [4.69, 9.17) is 15.2 Å². The van der Waals surface area contributed by atoms with Gasteiger partial charge in [0.15, 0.2) is 12.5 Å². The van der Waals surface area contributed by atoms with Gasteiger partial charge in [-0.1, -0.05) is 22.9 Å². The van der Waals surface area contributed by atoms with Gasteiger partial charge in [0.05, 0.1) is 6.61 Å². The fourth-order valence-corrected chi connectivity index (χ4v) is 2.12. The Bertz CT molecular complexity index is 573. The molecule has 0 spiro atoms. The number of carbonyl (C=O) groups excluding carboxylic acids is 3. The smallest absolute Gasteiger partial charge is 0.320 e. The average molecular weight is 372 g/mol. The Kier molecular flexibility index (Phi) is 7.04. The number of halogens is 1. The van der Waals surface area contributed by atoms with Crippen LogP contribution in [0.15, 0.2) is 22.7 Å². The summed E-state index contributed by atoms with van der Waals surface area (Å²) in [5, 5.41) is 0. The molecule has 1 atom stereocenters. The van der Waals surface area contributed by atoms with Gasteiger partial charge in [0.25, 0.3) is 0 Å². The minimum atomic E-state index is -1.02. The van der Waals surface area contributed by atoms with E-state index in [0.29, 0.717) is 10.2 Å². The highest BCUT2D eigenvalue weighted by atomic mass is 79.9. The first-order valence-corrected chi connectivity index (χ1v) is 7.61. The van der Waals surface area contributed by atoms with Crippen molar-refractivity contribution in [2.24, 2.45) is 5.92 Å². The molecule has 7 heteroatoms. The number of nitrogens with two attached hydrogens (primary N) is 1. The molecule has 1 aromatic rings. The summed E-state index contributed by atoms with van der Waals surface area (Å²) >= 11 is 3.24.